The Labute approximate surface area is 297 Å². The zero-order chi connectivity index (χ0) is 34.9. The third-order valence-electron chi connectivity index (χ3n) is 7.26. The molecule has 0 saturated carbocycles. The molecule has 0 bridgehead atoms. The van der Waals surface area contributed by atoms with E-state index in [1.54, 1.807) is 53.7 Å². The molecule has 0 spiro atoms. The number of fused-ring (bicyclic) bond motifs is 2. The number of sulfone groups is 1. The molecule has 0 amide bonds. The summed E-state index contributed by atoms with van der Waals surface area (Å²) >= 11 is 8.22. The van der Waals surface area contributed by atoms with Gasteiger partial charge in [-0.15, -0.1) is 11.8 Å². The van der Waals surface area contributed by atoms with Crippen molar-refractivity contribution in [2.75, 3.05) is 26.7 Å². The molecule has 4 aromatic heterocycles. The van der Waals surface area contributed by atoms with E-state index >= 15 is 0 Å². The van der Waals surface area contributed by atoms with E-state index in [0.29, 0.717) is 21.4 Å². The number of nitrogens with zero attached hydrogens (tertiary/aromatic N) is 6. The molecule has 4 heterocycles. The van der Waals surface area contributed by atoms with Gasteiger partial charge in [0.1, 0.15) is 14.2 Å². The Morgan fingerprint density at radius 2 is 1.23 bits per heavy atom. The summed E-state index contributed by atoms with van der Waals surface area (Å²) in [5.41, 5.74) is 7.10. The highest BCUT2D eigenvalue weighted by molar-refractivity contribution is 9.10. The van der Waals surface area contributed by atoms with E-state index in [1.165, 1.54) is 14.2 Å². The minimum Gasteiger partial charge on any atom is -0.465 e. The maximum atomic E-state index is 12.0. The summed E-state index contributed by atoms with van der Waals surface area (Å²) in [4.78, 5) is 40.6. The van der Waals surface area contributed by atoms with Gasteiger partial charge in [0.15, 0.2) is 26.2 Å². The molecule has 2 aromatic carbocycles. The summed E-state index contributed by atoms with van der Waals surface area (Å²) in [5, 5.41) is 0.754. The average molecular weight is 817 g/mol. The highest BCUT2D eigenvalue weighted by Crippen LogP contribution is 2.29. The molecular weight excluding hydrogens is 788 g/mol. The van der Waals surface area contributed by atoms with Crippen LogP contribution in [-0.4, -0.2) is 75.8 Å². The Balaban J connectivity index is 0.000000188. The molecule has 0 aliphatic carbocycles. The van der Waals surface area contributed by atoms with Gasteiger partial charge in [0.05, 0.1) is 49.1 Å². The Bertz CT molecular complexity index is 2340. The summed E-state index contributed by atoms with van der Waals surface area (Å²) in [6.07, 6.45) is 9.99. The molecule has 12 nitrogen and oxygen atoms in total. The molecular formula is C32H28Br2N6O6S2. The largest absolute Gasteiger partial charge is 0.465 e. The third kappa shape index (κ3) is 7.02. The monoisotopic (exact) mass is 814 g/mol. The van der Waals surface area contributed by atoms with Gasteiger partial charge in [-0.05, 0) is 87.4 Å². The number of benzene rings is 2. The molecule has 0 fully saturated rings. The van der Waals surface area contributed by atoms with Crippen LogP contribution in [0.1, 0.15) is 31.8 Å². The Hall–Kier alpha value is -4.12. The van der Waals surface area contributed by atoms with E-state index in [4.69, 9.17) is 9.47 Å². The number of thioether (sulfide) groups is 1. The van der Waals surface area contributed by atoms with Crippen LogP contribution >= 0.6 is 43.6 Å². The maximum Gasteiger partial charge on any atom is 0.338 e. The Morgan fingerprint density at radius 3 is 1.67 bits per heavy atom. The summed E-state index contributed by atoms with van der Waals surface area (Å²) in [6.45, 7) is 3.70. The van der Waals surface area contributed by atoms with Gasteiger partial charge in [0.25, 0.3) is 0 Å². The predicted molar refractivity (Wildman–Crippen MR) is 189 cm³/mol. The first-order chi connectivity index (χ1) is 22.8. The van der Waals surface area contributed by atoms with Crippen molar-refractivity contribution >= 4 is 76.7 Å². The molecule has 0 radical (unpaired) electrons. The molecule has 0 unspecified atom stereocenters. The number of rotatable bonds is 6. The SMILES string of the molecule is COC(=O)c1ccc(-c2cnc3c(S(C)(=O)=O)nc(Br)cn23)cc1C.COC(=O)c1ccc(-c2cnc3c(SC)nc(Br)cn23)cc1C. The van der Waals surface area contributed by atoms with Crippen LogP contribution in [0, 0.1) is 13.8 Å². The van der Waals surface area contributed by atoms with Gasteiger partial charge in [-0.2, -0.15) is 0 Å². The Morgan fingerprint density at radius 1 is 0.771 bits per heavy atom. The lowest BCUT2D eigenvalue weighted by molar-refractivity contribution is 0.0591. The molecule has 0 aliphatic heterocycles. The molecule has 16 heteroatoms. The number of esters is 2. The van der Waals surface area contributed by atoms with Crippen molar-refractivity contribution in [3.63, 3.8) is 0 Å². The van der Waals surface area contributed by atoms with Crippen molar-refractivity contribution in [2.45, 2.75) is 23.9 Å². The summed E-state index contributed by atoms with van der Waals surface area (Å²) < 4.78 is 38.2. The van der Waals surface area contributed by atoms with Crippen LogP contribution in [0.5, 0.6) is 0 Å². The minimum absolute atomic E-state index is 0.101. The fourth-order valence-corrected chi connectivity index (χ4v) is 7.27. The van der Waals surface area contributed by atoms with E-state index < -0.39 is 15.8 Å². The van der Waals surface area contributed by atoms with Crippen molar-refractivity contribution in [3.8, 4) is 22.5 Å². The number of aryl methyl sites for hydroxylation is 2. The van der Waals surface area contributed by atoms with E-state index in [1.807, 2.05) is 48.2 Å². The molecule has 248 valence electrons. The number of carbonyl (C=O) groups excluding carboxylic acids is 2. The maximum absolute atomic E-state index is 12.0. The lowest BCUT2D eigenvalue weighted by Gasteiger charge is -2.08. The van der Waals surface area contributed by atoms with Crippen molar-refractivity contribution in [1.82, 2.24) is 28.7 Å². The summed E-state index contributed by atoms with van der Waals surface area (Å²) in [5.74, 6) is -0.739. The second-order valence-electron chi connectivity index (χ2n) is 10.4. The van der Waals surface area contributed by atoms with E-state index in [0.717, 1.165) is 49.5 Å². The van der Waals surface area contributed by atoms with Gasteiger partial charge >= 0.3 is 11.9 Å². The first-order valence-electron chi connectivity index (χ1n) is 14.0. The topological polar surface area (TPSA) is 147 Å². The second kappa shape index (κ2) is 14.2. The second-order valence-corrected chi connectivity index (χ2v) is 14.8. The van der Waals surface area contributed by atoms with Crippen LogP contribution < -0.4 is 0 Å². The molecule has 0 saturated heterocycles. The van der Waals surface area contributed by atoms with Crippen molar-refractivity contribution in [2.24, 2.45) is 0 Å². The van der Waals surface area contributed by atoms with E-state index in [9.17, 15) is 18.0 Å². The number of hydrogen-bond donors (Lipinski definition) is 0. The average Bonchev–Trinajstić information content (AvgIpc) is 3.67. The number of hydrogen-bond acceptors (Lipinski definition) is 11. The number of carbonyl (C=O) groups is 2. The van der Waals surface area contributed by atoms with Crippen LogP contribution in [0.15, 0.2) is 80.4 Å². The first-order valence-corrected chi connectivity index (χ1v) is 18.7. The van der Waals surface area contributed by atoms with Crippen LogP contribution in [0.4, 0.5) is 0 Å². The fourth-order valence-electron chi connectivity index (χ4n) is 5.00. The number of aromatic nitrogens is 6. The zero-order valence-corrected chi connectivity index (χ0v) is 31.3. The highest BCUT2D eigenvalue weighted by atomic mass is 79.9. The van der Waals surface area contributed by atoms with Crippen molar-refractivity contribution in [3.05, 3.63) is 92.6 Å². The molecule has 6 rings (SSSR count). The van der Waals surface area contributed by atoms with Gasteiger partial charge < -0.3 is 9.47 Å². The minimum atomic E-state index is -3.54. The third-order valence-corrected chi connectivity index (χ3v) is 9.66. The molecule has 0 aliphatic rings. The van der Waals surface area contributed by atoms with Gasteiger partial charge in [0, 0.05) is 29.8 Å². The summed E-state index contributed by atoms with van der Waals surface area (Å²) in [7, 11) is -0.822. The smallest absolute Gasteiger partial charge is 0.338 e. The predicted octanol–water partition coefficient (Wildman–Crippen LogP) is 6.63. The fraction of sp³-hybridized carbons (Fsp3) is 0.188. The van der Waals surface area contributed by atoms with Gasteiger partial charge in [0.2, 0.25) is 0 Å². The summed E-state index contributed by atoms with van der Waals surface area (Å²) in [6, 6.07) is 10.9. The molecule has 6 aromatic rings. The number of halogens is 2. The lowest BCUT2D eigenvalue weighted by atomic mass is 10.0. The number of imidazole rings is 2. The quantitative estimate of drug-likeness (QED) is 0.132. The molecule has 0 N–H and O–H groups in total. The zero-order valence-electron chi connectivity index (χ0n) is 26.5. The van der Waals surface area contributed by atoms with Gasteiger partial charge in [-0.3, -0.25) is 8.80 Å². The van der Waals surface area contributed by atoms with Gasteiger partial charge in [-0.25, -0.2) is 37.9 Å². The van der Waals surface area contributed by atoms with E-state index in [2.05, 4.69) is 51.8 Å². The number of methoxy groups -OCH3 is 2. The molecule has 0 atom stereocenters. The standard InChI is InChI=1S/C16H14BrN3O4S.C16H14BrN3O2S/c1-9-6-10(4-5-11(9)16(21)24-2)12-7-18-14-15(25(3,22)23)19-13(17)8-20(12)14;1-9-6-10(4-5-11(9)16(21)22-2)12-7-18-14-15(23-3)19-13(17)8-20(12)14/h4-8H,1-3H3;4-8H,1-3H3. The van der Waals surface area contributed by atoms with Crippen LogP contribution in [0.3, 0.4) is 0 Å². The van der Waals surface area contributed by atoms with Crippen LogP contribution in [0.2, 0.25) is 0 Å². The van der Waals surface area contributed by atoms with Gasteiger partial charge in [-0.1, -0.05) is 12.1 Å². The normalized spacial score (nSPS) is 11.3. The first kappa shape index (κ1) is 35.2. The van der Waals surface area contributed by atoms with Crippen molar-refractivity contribution < 1.29 is 27.5 Å². The van der Waals surface area contributed by atoms with Crippen molar-refractivity contribution in [1.29, 1.82) is 0 Å². The Kier molecular flexibility index (Phi) is 10.4. The van der Waals surface area contributed by atoms with E-state index in [-0.39, 0.29) is 16.6 Å². The lowest BCUT2D eigenvalue weighted by Crippen LogP contribution is -2.06. The number of ether oxygens (including phenoxy) is 2. The molecule has 48 heavy (non-hydrogen) atoms. The highest BCUT2D eigenvalue weighted by Gasteiger charge is 2.20. The van der Waals surface area contributed by atoms with Crippen LogP contribution in [0.25, 0.3) is 33.8 Å². The van der Waals surface area contributed by atoms with Crippen LogP contribution in [-0.2, 0) is 19.3 Å².